The number of alkyl halides is 1. The third-order valence-electron chi connectivity index (χ3n) is 2.90. The van der Waals surface area contributed by atoms with E-state index in [4.69, 9.17) is 16.3 Å². The zero-order valence-electron chi connectivity index (χ0n) is 12.5. The molecule has 0 unspecified atom stereocenters. The number of amides is 2. The van der Waals surface area contributed by atoms with Gasteiger partial charge < -0.3 is 19.8 Å². The van der Waals surface area contributed by atoms with Gasteiger partial charge in [-0.15, -0.1) is 11.6 Å². The molecule has 3 N–H and O–H groups in total. The molecule has 2 aromatic rings. The minimum atomic E-state index is -0.626. The summed E-state index contributed by atoms with van der Waals surface area (Å²) in [7, 11) is 1.26. The lowest BCUT2D eigenvalue weighted by Crippen LogP contribution is -2.27. The van der Waals surface area contributed by atoms with Crippen LogP contribution in [0.4, 0.5) is 10.7 Å². The maximum atomic E-state index is 12.0. The maximum Gasteiger partial charge on any atom is 0.413 e. The number of hydrogen-bond donors (Lipinski definition) is 3. The highest BCUT2D eigenvalue weighted by atomic mass is 35.5. The third-order valence-corrected chi connectivity index (χ3v) is 3.06. The van der Waals surface area contributed by atoms with Crippen LogP contribution in [0, 0.1) is 0 Å². The van der Waals surface area contributed by atoms with Gasteiger partial charge in [-0.25, -0.2) is 9.78 Å². The number of benzene rings is 1. The van der Waals surface area contributed by atoms with Gasteiger partial charge in [-0.1, -0.05) is 0 Å². The SMILES string of the molecule is COC(=O)Nc1nc2ccc(C(=O)NCCOCCCl)cc2[nH]1. The number of carbonyl (C=O) groups excluding carboxylic acids is 2. The first-order valence-corrected chi connectivity index (χ1v) is 7.44. The monoisotopic (exact) mass is 340 g/mol. The van der Waals surface area contributed by atoms with Crippen molar-refractivity contribution >= 4 is 40.6 Å². The molecule has 2 amide bonds. The molecular weight excluding hydrogens is 324 g/mol. The number of nitrogens with zero attached hydrogens (tertiary/aromatic N) is 1. The summed E-state index contributed by atoms with van der Waals surface area (Å²) in [6, 6.07) is 4.99. The van der Waals surface area contributed by atoms with Crippen molar-refractivity contribution in [3.05, 3.63) is 23.8 Å². The van der Waals surface area contributed by atoms with Crippen LogP contribution in [0.25, 0.3) is 11.0 Å². The Labute approximate surface area is 137 Å². The zero-order valence-corrected chi connectivity index (χ0v) is 13.3. The number of carbonyl (C=O) groups is 2. The molecule has 0 fully saturated rings. The van der Waals surface area contributed by atoms with Crippen LogP contribution in [-0.4, -0.2) is 54.7 Å². The summed E-state index contributed by atoms with van der Waals surface area (Å²) in [5.41, 5.74) is 1.73. The Morgan fingerprint density at radius 2 is 2.17 bits per heavy atom. The van der Waals surface area contributed by atoms with Crippen molar-refractivity contribution < 1.29 is 19.1 Å². The highest BCUT2D eigenvalue weighted by molar-refractivity contribution is 6.17. The van der Waals surface area contributed by atoms with Crippen molar-refractivity contribution in [3.8, 4) is 0 Å². The number of halogens is 1. The van der Waals surface area contributed by atoms with E-state index in [9.17, 15) is 9.59 Å². The van der Waals surface area contributed by atoms with Crippen LogP contribution in [0.15, 0.2) is 18.2 Å². The van der Waals surface area contributed by atoms with Gasteiger partial charge in [0.05, 0.1) is 31.4 Å². The van der Waals surface area contributed by atoms with Gasteiger partial charge in [0.2, 0.25) is 5.95 Å². The fourth-order valence-electron chi connectivity index (χ4n) is 1.85. The smallest absolute Gasteiger partial charge is 0.413 e. The number of aromatic nitrogens is 2. The molecule has 9 heteroatoms. The molecule has 8 nitrogen and oxygen atoms in total. The molecule has 0 aliphatic carbocycles. The number of rotatable bonds is 7. The van der Waals surface area contributed by atoms with Crippen LogP contribution in [0.5, 0.6) is 0 Å². The van der Waals surface area contributed by atoms with Crippen LogP contribution >= 0.6 is 11.6 Å². The van der Waals surface area contributed by atoms with Gasteiger partial charge in [-0.2, -0.15) is 0 Å². The number of fused-ring (bicyclic) bond motifs is 1. The van der Waals surface area contributed by atoms with Gasteiger partial charge >= 0.3 is 6.09 Å². The molecule has 0 bridgehead atoms. The lowest BCUT2D eigenvalue weighted by molar-refractivity contribution is 0.0923. The molecule has 0 aliphatic rings. The van der Waals surface area contributed by atoms with Crippen molar-refractivity contribution in [1.29, 1.82) is 0 Å². The number of anilines is 1. The van der Waals surface area contributed by atoms with E-state index >= 15 is 0 Å². The first-order chi connectivity index (χ1) is 11.1. The van der Waals surface area contributed by atoms with Gasteiger partial charge in [0.15, 0.2) is 0 Å². The summed E-state index contributed by atoms with van der Waals surface area (Å²) in [5, 5.41) is 5.17. The molecule has 0 saturated carbocycles. The van der Waals surface area contributed by atoms with Gasteiger partial charge in [0.1, 0.15) is 0 Å². The molecule has 0 aliphatic heterocycles. The molecular formula is C14H17ClN4O4. The molecule has 1 aromatic carbocycles. The molecule has 23 heavy (non-hydrogen) atoms. The largest absolute Gasteiger partial charge is 0.453 e. The normalized spacial score (nSPS) is 10.5. The molecule has 2 rings (SSSR count). The van der Waals surface area contributed by atoms with Crippen LogP contribution in [0.3, 0.4) is 0 Å². The Morgan fingerprint density at radius 1 is 1.35 bits per heavy atom. The van der Waals surface area contributed by atoms with E-state index in [1.165, 1.54) is 7.11 Å². The van der Waals surface area contributed by atoms with Crippen molar-refractivity contribution in [2.45, 2.75) is 0 Å². The van der Waals surface area contributed by atoms with Crippen molar-refractivity contribution in [3.63, 3.8) is 0 Å². The predicted octanol–water partition coefficient (Wildman–Crippen LogP) is 1.73. The number of hydrogen-bond acceptors (Lipinski definition) is 5. The topological polar surface area (TPSA) is 105 Å². The van der Waals surface area contributed by atoms with Crippen molar-refractivity contribution in [2.24, 2.45) is 0 Å². The minimum Gasteiger partial charge on any atom is -0.453 e. The fourth-order valence-corrected chi connectivity index (χ4v) is 1.96. The maximum absolute atomic E-state index is 12.0. The summed E-state index contributed by atoms with van der Waals surface area (Å²) in [6.45, 7) is 1.25. The summed E-state index contributed by atoms with van der Waals surface area (Å²) in [4.78, 5) is 30.2. The third kappa shape index (κ3) is 4.83. The summed E-state index contributed by atoms with van der Waals surface area (Å²) in [6.07, 6.45) is -0.626. The fraction of sp³-hybridized carbons (Fsp3) is 0.357. The molecule has 0 atom stereocenters. The van der Waals surface area contributed by atoms with Crippen LogP contribution in [-0.2, 0) is 9.47 Å². The highest BCUT2D eigenvalue weighted by Gasteiger charge is 2.10. The van der Waals surface area contributed by atoms with E-state index in [1.54, 1.807) is 18.2 Å². The van der Waals surface area contributed by atoms with Crippen LogP contribution in [0.2, 0.25) is 0 Å². The second-order valence-corrected chi connectivity index (χ2v) is 4.87. The van der Waals surface area contributed by atoms with Gasteiger partial charge in [-0.3, -0.25) is 10.1 Å². The van der Waals surface area contributed by atoms with E-state index in [1.807, 2.05) is 0 Å². The first kappa shape index (κ1) is 17.0. The summed E-state index contributed by atoms with van der Waals surface area (Å²) >= 11 is 5.48. The Balaban J connectivity index is 1.98. The number of aromatic amines is 1. The molecule has 1 aromatic heterocycles. The van der Waals surface area contributed by atoms with Gasteiger partial charge in [0, 0.05) is 18.0 Å². The number of imidazole rings is 1. The van der Waals surface area contributed by atoms with Crippen LogP contribution in [0.1, 0.15) is 10.4 Å². The van der Waals surface area contributed by atoms with Gasteiger partial charge in [0.25, 0.3) is 5.91 Å². The Hall–Kier alpha value is -2.32. The predicted molar refractivity (Wildman–Crippen MR) is 86.0 cm³/mol. The Morgan fingerprint density at radius 3 is 2.91 bits per heavy atom. The van der Waals surface area contributed by atoms with Crippen molar-refractivity contribution in [1.82, 2.24) is 15.3 Å². The minimum absolute atomic E-state index is 0.224. The van der Waals surface area contributed by atoms with E-state index in [0.29, 0.717) is 42.2 Å². The number of ether oxygens (including phenoxy) is 2. The summed E-state index contributed by atoms with van der Waals surface area (Å²) in [5.74, 6) is 0.448. The highest BCUT2D eigenvalue weighted by Crippen LogP contribution is 2.16. The molecule has 124 valence electrons. The lowest BCUT2D eigenvalue weighted by Gasteiger charge is -2.05. The Bertz CT molecular complexity index is 688. The van der Waals surface area contributed by atoms with Crippen molar-refractivity contribution in [2.75, 3.05) is 38.1 Å². The van der Waals surface area contributed by atoms with E-state index in [0.717, 1.165) is 0 Å². The van der Waals surface area contributed by atoms with E-state index in [2.05, 4.69) is 25.3 Å². The average molecular weight is 341 g/mol. The van der Waals surface area contributed by atoms with Crippen LogP contribution < -0.4 is 10.6 Å². The lowest BCUT2D eigenvalue weighted by atomic mass is 10.2. The second-order valence-electron chi connectivity index (χ2n) is 4.49. The number of methoxy groups -OCH3 is 1. The first-order valence-electron chi connectivity index (χ1n) is 6.90. The quantitative estimate of drug-likeness (QED) is 0.526. The molecule has 0 saturated heterocycles. The second kappa shape index (κ2) is 8.35. The zero-order chi connectivity index (χ0) is 16.7. The number of nitrogens with one attached hydrogen (secondary N) is 3. The van der Waals surface area contributed by atoms with E-state index < -0.39 is 6.09 Å². The standard InChI is InChI=1S/C14H17ClN4O4/c1-22-14(21)19-13-17-10-3-2-9(8-11(10)18-13)12(20)16-5-7-23-6-4-15/h2-3,8H,4-7H2,1H3,(H,16,20)(H2,17,18,19,21). The molecule has 0 spiro atoms. The molecule has 0 radical (unpaired) electrons. The molecule has 1 heterocycles. The Kier molecular flexibility index (Phi) is 6.19. The average Bonchev–Trinajstić information content (AvgIpc) is 2.95. The van der Waals surface area contributed by atoms with E-state index in [-0.39, 0.29) is 11.9 Å². The van der Waals surface area contributed by atoms with Gasteiger partial charge in [-0.05, 0) is 18.2 Å². The summed E-state index contributed by atoms with van der Waals surface area (Å²) < 4.78 is 9.67. The number of H-pyrrole nitrogens is 1.